The van der Waals surface area contributed by atoms with Crippen molar-refractivity contribution >= 4 is 27.3 Å². The van der Waals surface area contributed by atoms with Gasteiger partial charge in [0.25, 0.3) is 0 Å². The fraction of sp³-hybridized carbons (Fsp3) is 0.150. The quantitative estimate of drug-likeness (QED) is 0.610. The molecule has 1 heterocycles. The Balaban J connectivity index is 2.02. The number of sulfonamides is 1. The highest BCUT2D eigenvalue weighted by molar-refractivity contribution is 7.89. The Bertz CT molecular complexity index is 1060. The van der Waals surface area contributed by atoms with Crippen LogP contribution in [0.4, 0.5) is 0 Å². The van der Waals surface area contributed by atoms with Crippen LogP contribution in [0.2, 0.25) is 0 Å². The topological polar surface area (TPSA) is 89.7 Å². The van der Waals surface area contributed by atoms with Crippen LogP contribution in [0, 0.1) is 0 Å². The third-order valence-corrected chi connectivity index (χ3v) is 6.86. The van der Waals surface area contributed by atoms with E-state index >= 15 is 0 Å². The van der Waals surface area contributed by atoms with Crippen LogP contribution < -0.4 is 10.5 Å². The van der Waals surface area contributed by atoms with Crippen LogP contribution in [0.15, 0.2) is 70.9 Å². The van der Waals surface area contributed by atoms with Crippen LogP contribution in [0.5, 0.6) is 5.75 Å². The van der Waals surface area contributed by atoms with Crippen LogP contribution in [0.25, 0.3) is 0 Å². The molecular weight excluding hydrogens is 396 g/mol. The van der Waals surface area contributed by atoms with Crippen LogP contribution in [-0.2, 0) is 23.1 Å². The molecule has 0 bridgehead atoms. The maximum Gasteiger partial charge on any atom is 0.248 e. The van der Waals surface area contributed by atoms with Crippen molar-refractivity contribution in [2.45, 2.75) is 18.0 Å². The van der Waals surface area contributed by atoms with Crippen LogP contribution >= 0.6 is 11.3 Å². The van der Waals surface area contributed by atoms with E-state index in [0.29, 0.717) is 5.75 Å². The van der Waals surface area contributed by atoms with Crippen molar-refractivity contribution in [1.29, 1.82) is 0 Å². The number of carbonyl (C=O) groups excluding carboxylic acids is 1. The van der Waals surface area contributed by atoms with Crippen molar-refractivity contribution in [3.63, 3.8) is 0 Å². The van der Waals surface area contributed by atoms with Crippen LogP contribution in [-0.4, -0.2) is 25.7 Å². The molecule has 0 aliphatic heterocycles. The largest absolute Gasteiger partial charge is 0.496 e. The molecule has 0 atom stereocenters. The van der Waals surface area contributed by atoms with Crippen molar-refractivity contribution in [3.8, 4) is 5.75 Å². The first-order valence-corrected chi connectivity index (χ1v) is 10.8. The summed E-state index contributed by atoms with van der Waals surface area (Å²) in [7, 11) is -2.33. The highest BCUT2D eigenvalue weighted by Crippen LogP contribution is 2.26. The lowest BCUT2D eigenvalue weighted by Crippen LogP contribution is -2.30. The molecule has 146 valence electrons. The van der Waals surface area contributed by atoms with Gasteiger partial charge in [0, 0.05) is 29.1 Å². The number of para-hydroxylation sites is 1. The third kappa shape index (κ3) is 4.41. The summed E-state index contributed by atoms with van der Waals surface area (Å²) in [5.74, 6) is -0.0636. The van der Waals surface area contributed by atoms with Crippen molar-refractivity contribution in [2.24, 2.45) is 5.73 Å². The number of thiophene rings is 1. The number of methoxy groups -OCH3 is 1. The number of hydrogen-bond donors (Lipinski definition) is 1. The summed E-state index contributed by atoms with van der Waals surface area (Å²) >= 11 is 1.48. The predicted molar refractivity (Wildman–Crippen MR) is 109 cm³/mol. The fourth-order valence-electron chi connectivity index (χ4n) is 2.78. The molecule has 8 heteroatoms. The summed E-state index contributed by atoms with van der Waals surface area (Å²) in [5.41, 5.74) is 6.21. The van der Waals surface area contributed by atoms with Gasteiger partial charge in [-0.25, -0.2) is 8.42 Å². The molecule has 2 aromatic carbocycles. The number of ether oxygens (including phenoxy) is 1. The molecule has 6 nitrogen and oxygen atoms in total. The first-order valence-electron chi connectivity index (χ1n) is 8.46. The Hall–Kier alpha value is -2.68. The first-order chi connectivity index (χ1) is 13.4. The zero-order chi connectivity index (χ0) is 20.1. The second kappa shape index (κ2) is 8.55. The molecule has 0 unspecified atom stereocenters. The monoisotopic (exact) mass is 416 g/mol. The molecule has 0 aliphatic rings. The number of amides is 1. The Morgan fingerprint density at radius 1 is 1.07 bits per heavy atom. The lowest BCUT2D eigenvalue weighted by atomic mass is 10.2. The molecule has 1 aromatic heterocycles. The predicted octanol–water partition coefficient (Wildman–Crippen LogP) is 3.25. The standard InChI is InChI=1S/C20H20N2O4S2/c1-26-19-10-3-2-6-16(19)13-22(14-17-8-5-11-27-17)28(24,25)18-9-4-7-15(12-18)20(21)23/h2-12H,13-14H2,1H3,(H2,21,23). The number of hydrogen-bond acceptors (Lipinski definition) is 5. The minimum atomic E-state index is -3.88. The van der Waals surface area contributed by atoms with Gasteiger partial charge in [-0.2, -0.15) is 4.31 Å². The van der Waals surface area contributed by atoms with E-state index in [0.717, 1.165) is 10.4 Å². The molecule has 0 aliphatic carbocycles. The molecule has 0 radical (unpaired) electrons. The Morgan fingerprint density at radius 2 is 1.86 bits per heavy atom. The van der Waals surface area contributed by atoms with Gasteiger partial charge in [0.15, 0.2) is 0 Å². The lowest BCUT2D eigenvalue weighted by Gasteiger charge is -2.23. The Kier molecular flexibility index (Phi) is 6.13. The smallest absolute Gasteiger partial charge is 0.248 e. The van der Waals surface area contributed by atoms with E-state index in [1.54, 1.807) is 13.2 Å². The highest BCUT2D eigenvalue weighted by Gasteiger charge is 2.27. The second-order valence-electron chi connectivity index (χ2n) is 6.06. The van der Waals surface area contributed by atoms with E-state index in [1.807, 2.05) is 35.7 Å². The minimum absolute atomic E-state index is 0.0234. The Morgan fingerprint density at radius 3 is 2.54 bits per heavy atom. The van der Waals surface area contributed by atoms with Gasteiger partial charge >= 0.3 is 0 Å². The van der Waals surface area contributed by atoms with Crippen molar-refractivity contribution in [2.75, 3.05) is 7.11 Å². The van der Waals surface area contributed by atoms with Gasteiger partial charge in [0.2, 0.25) is 15.9 Å². The van der Waals surface area contributed by atoms with Gasteiger partial charge in [-0.1, -0.05) is 30.3 Å². The number of rotatable bonds is 8. The number of benzene rings is 2. The normalized spacial score (nSPS) is 11.5. The molecule has 0 saturated heterocycles. The van der Waals surface area contributed by atoms with Crippen LogP contribution in [0.3, 0.4) is 0 Å². The molecule has 1 amide bonds. The third-order valence-electron chi connectivity index (χ3n) is 4.21. The number of primary amides is 1. The molecule has 3 rings (SSSR count). The van der Waals surface area contributed by atoms with Gasteiger partial charge in [0.05, 0.1) is 12.0 Å². The lowest BCUT2D eigenvalue weighted by molar-refractivity contribution is 0.1000. The summed E-state index contributed by atoms with van der Waals surface area (Å²) < 4.78 is 33.5. The van der Waals surface area contributed by atoms with Crippen molar-refractivity contribution in [3.05, 3.63) is 82.0 Å². The summed E-state index contributed by atoms with van der Waals surface area (Å²) in [5, 5.41) is 1.90. The van der Waals surface area contributed by atoms with E-state index in [-0.39, 0.29) is 23.5 Å². The second-order valence-corrected chi connectivity index (χ2v) is 9.03. The summed E-state index contributed by atoms with van der Waals surface area (Å²) in [6, 6.07) is 16.8. The van der Waals surface area contributed by atoms with Gasteiger partial charge in [-0.05, 0) is 35.7 Å². The van der Waals surface area contributed by atoms with Crippen molar-refractivity contribution in [1.82, 2.24) is 4.31 Å². The summed E-state index contributed by atoms with van der Waals surface area (Å²) in [6.07, 6.45) is 0. The van der Waals surface area contributed by atoms with E-state index in [4.69, 9.17) is 10.5 Å². The SMILES string of the molecule is COc1ccccc1CN(Cc1cccs1)S(=O)(=O)c1cccc(C(N)=O)c1. The number of carbonyl (C=O) groups is 1. The zero-order valence-corrected chi connectivity index (χ0v) is 16.9. The summed E-state index contributed by atoms with van der Waals surface area (Å²) in [6.45, 7) is 0.337. The van der Waals surface area contributed by atoms with Gasteiger partial charge in [0.1, 0.15) is 5.75 Å². The number of nitrogens with zero attached hydrogens (tertiary/aromatic N) is 1. The average molecular weight is 417 g/mol. The van der Waals surface area contributed by atoms with Gasteiger partial charge < -0.3 is 10.5 Å². The average Bonchev–Trinajstić information content (AvgIpc) is 3.21. The maximum atomic E-state index is 13.4. The fourth-order valence-corrected chi connectivity index (χ4v) is 5.03. The van der Waals surface area contributed by atoms with Gasteiger partial charge in [-0.15, -0.1) is 11.3 Å². The molecule has 3 aromatic rings. The first kappa shape index (κ1) is 20.1. The Labute approximate surface area is 168 Å². The minimum Gasteiger partial charge on any atom is -0.496 e. The molecule has 0 saturated carbocycles. The number of nitrogens with two attached hydrogens (primary N) is 1. The zero-order valence-electron chi connectivity index (χ0n) is 15.2. The summed E-state index contributed by atoms with van der Waals surface area (Å²) in [4.78, 5) is 12.4. The molecule has 28 heavy (non-hydrogen) atoms. The van der Waals surface area contributed by atoms with E-state index in [9.17, 15) is 13.2 Å². The van der Waals surface area contributed by atoms with Gasteiger partial charge in [-0.3, -0.25) is 4.79 Å². The van der Waals surface area contributed by atoms with Crippen molar-refractivity contribution < 1.29 is 17.9 Å². The maximum absolute atomic E-state index is 13.4. The van der Waals surface area contributed by atoms with E-state index < -0.39 is 15.9 Å². The highest BCUT2D eigenvalue weighted by atomic mass is 32.2. The molecule has 2 N–H and O–H groups in total. The molecule has 0 spiro atoms. The molecular formula is C20H20N2O4S2. The molecule has 0 fully saturated rings. The van der Waals surface area contributed by atoms with E-state index in [2.05, 4.69) is 0 Å². The van der Waals surface area contributed by atoms with E-state index in [1.165, 1.54) is 39.9 Å². The van der Waals surface area contributed by atoms with Crippen LogP contribution in [0.1, 0.15) is 20.8 Å².